The molecule has 0 aliphatic carbocycles. The van der Waals surface area contributed by atoms with Crippen LogP contribution in [0.1, 0.15) is 24.8 Å². The van der Waals surface area contributed by atoms with Gasteiger partial charge in [-0.2, -0.15) is 0 Å². The quantitative estimate of drug-likeness (QED) is 0.451. The Kier molecular flexibility index (Phi) is 5.78. The molecule has 0 fully saturated rings. The van der Waals surface area contributed by atoms with Crippen LogP contribution in [0, 0.1) is 10.1 Å². The molecule has 1 rings (SSSR count). The molecule has 0 spiro atoms. The van der Waals surface area contributed by atoms with E-state index in [4.69, 9.17) is 0 Å². The fourth-order valence-electron chi connectivity index (χ4n) is 1.30. The normalized spacial score (nSPS) is 10.8. The predicted molar refractivity (Wildman–Crippen MR) is 68.9 cm³/mol. The van der Waals surface area contributed by atoms with Gasteiger partial charge in [-0.05, 0) is 30.5 Å². The summed E-state index contributed by atoms with van der Waals surface area (Å²) in [6.07, 6.45) is 6.51. The molecule has 0 aliphatic heterocycles. The van der Waals surface area contributed by atoms with Crippen molar-refractivity contribution in [2.45, 2.75) is 19.3 Å². The van der Waals surface area contributed by atoms with Crippen LogP contribution in [0.4, 0.5) is 0 Å². The van der Waals surface area contributed by atoms with Crippen molar-refractivity contribution in [1.82, 2.24) is 0 Å². The van der Waals surface area contributed by atoms with Gasteiger partial charge in [0.1, 0.15) is 0 Å². The third-order valence-corrected chi connectivity index (χ3v) is 2.67. The highest BCUT2D eigenvalue weighted by molar-refractivity contribution is 9.10. The Labute approximate surface area is 103 Å². The van der Waals surface area contributed by atoms with Crippen LogP contribution in [0.25, 0.3) is 6.08 Å². The van der Waals surface area contributed by atoms with Crippen molar-refractivity contribution in [1.29, 1.82) is 0 Å². The van der Waals surface area contributed by atoms with E-state index in [0.29, 0.717) is 6.42 Å². The first-order valence-electron chi connectivity index (χ1n) is 5.22. The standard InChI is InChI=1S/C12H14BrNO2/c13-12-8-6-11(7-9-12)5-3-1-2-4-10-14(15)16/h3,5-9H,1-2,4,10H2/b5-3+. The van der Waals surface area contributed by atoms with E-state index >= 15 is 0 Å². The number of allylic oxidation sites excluding steroid dienone is 1. The summed E-state index contributed by atoms with van der Waals surface area (Å²) in [5.41, 5.74) is 1.15. The summed E-state index contributed by atoms with van der Waals surface area (Å²) in [7, 11) is 0. The highest BCUT2D eigenvalue weighted by Crippen LogP contribution is 2.12. The van der Waals surface area contributed by atoms with Crippen molar-refractivity contribution in [2.24, 2.45) is 0 Å². The van der Waals surface area contributed by atoms with Crippen molar-refractivity contribution < 1.29 is 4.92 Å². The Balaban J connectivity index is 2.22. The molecule has 0 atom stereocenters. The molecule has 0 unspecified atom stereocenters. The van der Waals surface area contributed by atoms with Crippen molar-refractivity contribution >= 4 is 22.0 Å². The minimum Gasteiger partial charge on any atom is -0.265 e. The second-order valence-corrected chi connectivity index (χ2v) is 4.42. The number of unbranched alkanes of at least 4 members (excludes halogenated alkanes) is 2. The number of hydrogen-bond donors (Lipinski definition) is 0. The molecule has 0 saturated carbocycles. The zero-order valence-corrected chi connectivity index (χ0v) is 10.5. The van der Waals surface area contributed by atoms with Gasteiger partial charge < -0.3 is 0 Å². The second kappa shape index (κ2) is 7.17. The average molecular weight is 284 g/mol. The minimum absolute atomic E-state index is 0.0755. The summed E-state index contributed by atoms with van der Waals surface area (Å²) < 4.78 is 1.07. The summed E-state index contributed by atoms with van der Waals surface area (Å²) in [5, 5.41) is 10.1. The molecule has 0 bridgehead atoms. The fourth-order valence-corrected chi connectivity index (χ4v) is 1.56. The molecule has 0 amide bonds. The molecule has 4 heteroatoms. The summed E-state index contributed by atoms with van der Waals surface area (Å²) >= 11 is 3.37. The van der Waals surface area contributed by atoms with E-state index < -0.39 is 0 Å². The van der Waals surface area contributed by atoms with Gasteiger partial charge in [0.15, 0.2) is 0 Å². The van der Waals surface area contributed by atoms with Crippen LogP contribution >= 0.6 is 15.9 Å². The molecular weight excluding hydrogens is 270 g/mol. The van der Waals surface area contributed by atoms with Gasteiger partial charge in [-0.3, -0.25) is 10.1 Å². The molecule has 16 heavy (non-hydrogen) atoms. The molecule has 0 aromatic heterocycles. The highest BCUT2D eigenvalue weighted by Gasteiger charge is 1.94. The van der Waals surface area contributed by atoms with E-state index in [1.165, 1.54) is 0 Å². The lowest BCUT2D eigenvalue weighted by atomic mass is 10.1. The third-order valence-electron chi connectivity index (χ3n) is 2.14. The fraction of sp³-hybridized carbons (Fsp3) is 0.333. The van der Waals surface area contributed by atoms with Crippen LogP contribution in [-0.4, -0.2) is 11.5 Å². The average Bonchev–Trinajstić information content (AvgIpc) is 2.25. The van der Waals surface area contributed by atoms with Crippen LogP contribution in [-0.2, 0) is 0 Å². The van der Waals surface area contributed by atoms with Gasteiger partial charge in [0.25, 0.3) is 0 Å². The topological polar surface area (TPSA) is 43.1 Å². The lowest BCUT2D eigenvalue weighted by Crippen LogP contribution is -1.99. The molecule has 0 saturated heterocycles. The molecule has 1 aromatic carbocycles. The number of halogens is 1. The number of rotatable bonds is 6. The monoisotopic (exact) mass is 283 g/mol. The molecule has 1 aromatic rings. The Morgan fingerprint density at radius 3 is 2.56 bits per heavy atom. The molecule has 0 radical (unpaired) electrons. The van der Waals surface area contributed by atoms with E-state index in [1.54, 1.807) is 0 Å². The first-order chi connectivity index (χ1) is 7.68. The summed E-state index contributed by atoms with van der Waals surface area (Å²) in [4.78, 5) is 9.80. The van der Waals surface area contributed by atoms with Crippen LogP contribution in [0.15, 0.2) is 34.8 Å². The van der Waals surface area contributed by atoms with E-state index in [1.807, 2.05) is 30.3 Å². The maximum atomic E-state index is 10.1. The van der Waals surface area contributed by atoms with Gasteiger partial charge in [0, 0.05) is 15.8 Å². The smallest absolute Gasteiger partial charge is 0.203 e. The van der Waals surface area contributed by atoms with Gasteiger partial charge in [-0.25, -0.2) is 0 Å². The van der Waals surface area contributed by atoms with Crippen LogP contribution in [0.3, 0.4) is 0 Å². The van der Waals surface area contributed by atoms with Crippen LogP contribution in [0.2, 0.25) is 0 Å². The predicted octanol–water partition coefficient (Wildman–Crippen LogP) is 3.91. The van der Waals surface area contributed by atoms with Crippen molar-refractivity contribution in [3.05, 3.63) is 50.5 Å². The zero-order valence-electron chi connectivity index (χ0n) is 8.93. The van der Waals surface area contributed by atoms with E-state index in [-0.39, 0.29) is 11.5 Å². The first-order valence-corrected chi connectivity index (χ1v) is 6.01. The Morgan fingerprint density at radius 1 is 1.25 bits per heavy atom. The number of hydrogen-bond acceptors (Lipinski definition) is 2. The zero-order chi connectivity index (χ0) is 11.8. The lowest BCUT2D eigenvalue weighted by Gasteiger charge is -1.94. The second-order valence-electron chi connectivity index (χ2n) is 3.51. The molecule has 86 valence electrons. The maximum absolute atomic E-state index is 10.1. The van der Waals surface area contributed by atoms with Gasteiger partial charge in [-0.15, -0.1) is 0 Å². The van der Waals surface area contributed by atoms with Crippen molar-refractivity contribution in [2.75, 3.05) is 6.54 Å². The third kappa shape index (κ3) is 5.66. The minimum atomic E-state index is -0.265. The Morgan fingerprint density at radius 2 is 1.94 bits per heavy atom. The molecule has 0 N–H and O–H groups in total. The lowest BCUT2D eigenvalue weighted by molar-refractivity contribution is -0.480. The van der Waals surface area contributed by atoms with Crippen LogP contribution < -0.4 is 0 Å². The first kappa shape index (κ1) is 12.9. The van der Waals surface area contributed by atoms with Gasteiger partial charge in [0.2, 0.25) is 6.54 Å². The van der Waals surface area contributed by atoms with Crippen molar-refractivity contribution in [3.63, 3.8) is 0 Å². The maximum Gasteiger partial charge on any atom is 0.203 e. The van der Waals surface area contributed by atoms with Crippen LogP contribution in [0.5, 0.6) is 0 Å². The van der Waals surface area contributed by atoms with E-state index in [9.17, 15) is 10.1 Å². The number of benzene rings is 1. The van der Waals surface area contributed by atoms with Gasteiger partial charge >= 0.3 is 0 Å². The molecular formula is C12H14BrNO2. The SMILES string of the molecule is O=[N+]([O-])CCCC/C=C/c1ccc(Br)cc1. The van der Waals surface area contributed by atoms with Crippen molar-refractivity contribution in [3.8, 4) is 0 Å². The summed E-state index contributed by atoms with van der Waals surface area (Å²) in [6, 6.07) is 8.04. The van der Waals surface area contributed by atoms with Gasteiger partial charge in [-0.1, -0.05) is 40.2 Å². The Hall–Kier alpha value is -1.16. The van der Waals surface area contributed by atoms with E-state index in [2.05, 4.69) is 22.0 Å². The summed E-state index contributed by atoms with van der Waals surface area (Å²) in [6.45, 7) is 0.0755. The number of nitro groups is 1. The van der Waals surface area contributed by atoms with Gasteiger partial charge in [0.05, 0.1) is 0 Å². The summed E-state index contributed by atoms with van der Waals surface area (Å²) in [5.74, 6) is 0. The largest absolute Gasteiger partial charge is 0.265 e. The highest BCUT2D eigenvalue weighted by atomic mass is 79.9. The van der Waals surface area contributed by atoms with E-state index in [0.717, 1.165) is 22.9 Å². The molecule has 0 aliphatic rings. The Bertz CT molecular complexity index is 360. The molecule has 3 nitrogen and oxygen atoms in total. The number of nitrogens with zero attached hydrogens (tertiary/aromatic N) is 1. The molecule has 0 heterocycles.